The summed E-state index contributed by atoms with van der Waals surface area (Å²) in [5, 5.41) is 12.3. The molecule has 0 aromatic heterocycles. The molecular weight excluding hydrogens is 292 g/mol. The van der Waals surface area contributed by atoms with Gasteiger partial charge in [-0.25, -0.2) is 17.9 Å². The zero-order valence-corrected chi connectivity index (χ0v) is 13.3. The van der Waals surface area contributed by atoms with Gasteiger partial charge in [0.15, 0.2) is 0 Å². The molecule has 0 saturated heterocycles. The van der Waals surface area contributed by atoms with Gasteiger partial charge in [-0.15, -0.1) is 0 Å². The zero-order valence-electron chi connectivity index (χ0n) is 12.5. The van der Waals surface area contributed by atoms with Gasteiger partial charge >= 0.3 is 5.97 Å². The smallest absolute Gasteiger partial charge is 0.337 e. The van der Waals surface area contributed by atoms with Crippen molar-refractivity contribution in [3.05, 3.63) is 23.8 Å². The second-order valence-corrected chi connectivity index (χ2v) is 6.63. The van der Waals surface area contributed by atoms with E-state index >= 15 is 0 Å². The Morgan fingerprint density at radius 2 is 2.00 bits per heavy atom. The summed E-state index contributed by atoms with van der Waals surface area (Å²) in [7, 11) is -3.67. The van der Waals surface area contributed by atoms with Crippen molar-refractivity contribution in [2.45, 2.75) is 44.6 Å². The molecule has 1 aromatic rings. The number of hydrogen-bond acceptors (Lipinski definition) is 4. The fourth-order valence-corrected chi connectivity index (χ4v) is 2.84. The number of hydrogen-bond donors (Lipinski definition) is 3. The SMILES string of the molecule is CCCNS(=O)(=O)c1ccc(NC(C)CC)c(C(=O)O)c1. The third-order valence-electron chi connectivity index (χ3n) is 3.09. The predicted molar refractivity (Wildman–Crippen MR) is 82.3 cm³/mol. The van der Waals surface area contributed by atoms with Crippen LogP contribution in [0.5, 0.6) is 0 Å². The molecule has 3 N–H and O–H groups in total. The number of anilines is 1. The van der Waals surface area contributed by atoms with E-state index in [1.54, 1.807) is 0 Å². The number of aromatic carboxylic acids is 1. The van der Waals surface area contributed by atoms with Gasteiger partial charge in [-0.1, -0.05) is 13.8 Å². The standard InChI is InChI=1S/C14H22N2O4S/c1-4-8-15-21(19,20)11-6-7-13(16-10(3)5-2)12(9-11)14(17)18/h6-7,9-10,15-16H,4-5,8H2,1-3H3,(H,17,18). The first-order chi connectivity index (χ1) is 9.81. The van der Waals surface area contributed by atoms with Crippen molar-refractivity contribution in [1.29, 1.82) is 0 Å². The Hall–Kier alpha value is -1.60. The molecule has 6 nitrogen and oxygen atoms in total. The summed E-state index contributed by atoms with van der Waals surface area (Å²) in [6.45, 7) is 6.08. The minimum atomic E-state index is -3.67. The first-order valence-corrected chi connectivity index (χ1v) is 8.43. The fourth-order valence-electron chi connectivity index (χ4n) is 1.68. The molecule has 7 heteroatoms. The lowest BCUT2D eigenvalue weighted by atomic mass is 10.1. The van der Waals surface area contributed by atoms with E-state index in [1.165, 1.54) is 18.2 Å². The molecule has 21 heavy (non-hydrogen) atoms. The number of carboxylic acids is 1. The topological polar surface area (TPSA) is 95.5 Å². The van der Waals surface area contributed by atoms with Gasteiger partial charge in [0.25, 0.3) is 0 Å². The number of carboxylic acid groups (broad SMARTS) is 1. The number of benzene rings is 1. The van der Waals surface area contributed by atoms with E-state index in [0.29, 0.717) is 18.7 Å². The van der Waals surface area contributed by atoms with Crippen LogP contribution in [0.15, 0.2) is 23.1 Å². The van der Waals surface area contributed by atoms with E-state index in [1.807, 2.05) is 20.8 Å². The average molecular weight is 314 g/mol. The van der Waals surface area contributed by atoms with Crippen LogP contribution in [-0.2, 0) is 10.0 Å². The Bertz CT molecular complexity index is 599. The quantitative estimate of drug-likeness (QED) is 0.684. The molecule has 1 aromatic carbocycles. The molecule has 0 heterocycles. The van der Waals surface area contributed by atoms with Crippen LogP contribution in [0.4, 0.5) is 5.69 Å². The van der Waals surface area contributed by atoms with E-state index in [-0.39, 0.29) is 16.5 Å². The maximum atomic E-state index is 12.0. The van der Waals surface area contributed by atoms with Crippen molar-refractivity contribution in [1.82, 2.24) is 4.72 Å². The molecule has 0 spiro atoms. The largest absolute Gasteiger partial charge is 0.478 e. The number of rotatable bonds is 8. The van der Waals surface area contributed by atoms with E-state index in [4.69, 9.17) is 0 Å². The molecule has 0 amide bonds. The molecule has 0 bridgehead atoms. The van der Waals surface area contributed by atoms with Crippen molar-refractivity contribution in [3.63, 3.8) is 0 Å². The molecule has 0 fully saturated rings. The highest BCUT2D eigenvalue weighted by molar-refractivity contribution is 7.89. The predicted octanol–water partition coefficient (Wildman–Crippen LogP) is 2.28. The number of carbonyl (C=O) groups is 1. The van der Waals surface area contributed by atoms with Crippen LogP contribution in [-0.4, -0.2) is 32.1 Å². The fraction of sp³-hybridized carbons (Fsp3) is 0.500. The number of nitrogens with one attached hydrogen (secondary N) is 2. The third-order valence-corrected chi connectivity index (χ3v) is 4.55. The highest BCUT2D eigenvalue weighted by Crippen LogP contribution is 2.22. The Morgan fingerprint density at radius 3 is 2.52 bits per heavy atom. The van der Waals surface area contributed by atoms with Gasteiger partial charge in [0.05, 0.1) is 10.5 Å². The van der Waals surface area contributed by atoms with Crippen LogP contribution in [0.3, 0.4) is 0 Å². The number of sulfonamides is 1. The molecule has 0 saturated carbocycles. The van der Waals surface area contributed by atoms with E-state index in [2.05, 4.69) is 10.0 Å². The molecular formula is C14H22N2O4S. The molecule has 0 radical (unpaired) electrons. The lowest BCUT2D eigenvalue weighted by molar-refractivity contribution is 0.0697. The van der Waals surface area contributed by atoms with E-state index in [9.17, 15) is 18.3 Å². The minimum absolute atomic E-state index is 0.0388. The normalized spacial score (nSPS) is 12.9. The minimum Gasteiger partial charge on any atom is -0.478 e. The highest BCUT2D eigenvalue weighted by Gasteiger charge is 2.19. The lowest BCUT2D eigenvalue weighted by Gasteiger charge is -2.16. The Kier molecular flexibility index (Phi) is 6.17. The first kappa shape index (κ1) is 17.5. The Balaban J connectivity index is 3.17. The van der Waals surface area contributed by atoms with Gasteiger partial charge in [-0.2, -0.15) is 0 Å². The van der Waals surface area contributed by atoms with Gasteiger partial charge in [0, 0.05) is 18.3 Å². The van der Waals surface area contributed by atoms with Crippen LogP contribution >= 0.6 is 0 Å². The van der Waals surface area contributed by atoms with Gasteiger partial charge < -0.3 is 10.4 Å². The lowest BCUT2D eigenvalue weighted by Crippen LogP contribution is -2.25. The summed E-state index contributed by atoms with van der Waals surface area (Å²) in [6, 6.07) is 4.19. The molecule has 118 valence electrons. The summed E-state index contributed by atoms with van der Waals surface area (Å²) < 4.78 is 26.5. The van der Waals surface area contributed by atoms with Crippen LogP contribution in [0.2, 0.25) is 0 Å². The Labute approximate surface area is 125 Å². The molecule has 0 aliphatic heterocycles. The molecule has 1 unspecified atom stereocenters. The van der Waals surface area contributed by atoms with Crippen molar-refractivity contribution in [2.75, 3.05) is 11.9 Å². The van der Waals surface area contributed by atoms with Gasteiger partial charge in [-0.05, 0) is 38.0 Å². The van der Waals surface area contributed by atoms with Gasteiger partial charge in [0.2, 0.25) is 10.0 Å². The summed E-state index contributed by atoms with van der Waals surface area (Å²) >= 11 is 0. The van der Waals surface area contributed by atoms with E-state index in [0.717, 1.165) is 6.42 Å². The monoisotopic (exact) mass is 314 g/mol. The molecule has 1 atom stereocenters. The third kappa shape index (κ3) is 4.71. The summed E-state index contributed by atoms with van der Waals surface area (Å²) in [4.78, 5) is 11.3. The molecule has 0 aliphatic carbocycles. The van der Waals surface area contributed by atoms with Crippen molar-refractivity contribution < 1.29 is 18.3 Å². The van der Waals surface area contributed by atoms with E-state index < -0.39 is 16.0 Å². The summed E-state index contributed by atoms with van der Waals surface area (Å²) in [5.74, 6) is -1.16. The summed E-state index contributed by atoms with van der Waals surface area (Å²) in [6.07, 6.45) is 1.50. The molecule has 0 aliphatic rings. The summed E-state index contributed by atoms with van der Waals surface area (Å²) in [5.41, 5.74) is 0.376. The van der Waals surface area contributed by atoms with Gasteiger partial charge in [-0.3, -0.25) is 0 Å². The van der Waals surface area contributed by atoms with Crippen LogP contribution < -0.4 is 10.0 Å². The maximum Gasteiger partial charge on any atom is 0.337 e. The van der Waals surface area contributed by atoms with Crippen molar-refractivity contribution in [2.24, 2.45) is 0 Å². The van der Waals surface area contributed by atoms with Crippen molar-refractivity contribution >= 4 is 21.7 Å². The second kappa shape index (κ2) is 7.42. The maximum absolute atomic E-state index is 12.0. The first-order valence-electron chi connectivity index (χ1n) is 6.95. The van der Waals surface area contributed by atoms with Crippen LogP contribution in [0, 0.1) is 0 Å². The van der Waals surface area contributed by atoms with Crippen LogP contribution in [0.1, 0.15) is 44.0 Å². The highest BCUT2D eigenvalue weighted by atomic mass is 32.2. The molecule has 1 rings (SSSR count). The van der Waals surface area contributed by atoms with Crippen LogP contribution in [0.25, 0.3) is 0 Å². The average Bonchev–Trinajstić information content (AvgIpc) is 2.44. The van der Waals surface area contributed by atoms with Crippen molar-refractivity contribution in [3.8, 4) is 0 Å². The Morgan fingerprint density at radius 1 is 1.33 bits per heavy atom. The second-order valence-electron chi connectivity index (χ2n) is 4.86. The van der Waals surface area contributed by atoms with Gasteiger partial charge in [0.1, 0.15) is 0 Å². The zero-order chi connectivity index (χ0) is 16.0.